The average molecular weight is 259 g/mol. The van der Waals surface area contributed by atoms with Gasteiger partial charge in [0.1, 0.15) is 6.10 Å². The molecule has 1 aliphatic rings. The first-order chi connectivity index (χ1) is 8.41. The molecule has 1 atom stereocenters. The SMILES string of the molecule is CC.CC.CN(C)/C=C/C(=O)C1COC(C)(C)O1. The van der Waals surface area contributed by atoms with Gasteiger partial charge in [0.15, 0.2) is 11.6 Å². The van der Waals surface area contributed by atoms with Crippen molar-refractivity contribution in [2.24, 2.45) is 0 Å². The Morgan fingerprint density at radius 2 is 1.72 bits per heavy atom. The Balaban J connectivity index is 0. The summed E-state index contributed by atoms with van der Waals surface area (Å²) >= 11 is 0. The van der Waals surface area contributed by atoms with Crippen molar-refractivity contribution in [2.75, 3.05) is 20.7 Å². The highest BCUT2D eigenvalue weighted by Crippen LogP contribution is 2.22. The Kier molecular flexibility index (Phi) is 10.9. The van der Waals surface area contributed by atoms with Gasteiger partial charge in [-0.05, 0) is 19.9 Å². The Morgan fingerprint density at radius 1 is 1.22 bits per heavy atom. The first kappa shape index (κ1) is 19.5. The van der Waals surface area contributed by atoms with E-state index >= 15 is 0 Å². The number of carbonyl (C=O) groups excluding carboxylic acids is 1. The monoisotopic (exact) mass is 259 g/mol. The lowest BCUT2D eigenvalue weighted by atomic mass is 10.2. The summed E-state index contributed by atoms with van der Waals surface area (Å²) in [6.07, 6.45) is 2.76. The average Bonchev–Trinajstić information content (AvgIpc) is 2.72. The quantitative estimate of drug-likeness (QED) is 0.731. The second-order valence-electron chi connectivity index (χ2n) is 4.00. The number of rotatable bonds is 3. The summed E-state index contributed by atoms with van der Waals surface area (Å²) in [4.78, 5) is 13.3. The molecule has 1 fully saturated rings. The fourth-order valence-corrected chi connectivity index (χ4v) is 1.16. The topological polar surface area (TPSA) is 38.8 Å². The van der Waals surface area contributed by atoms with Crippen molar-refractivity contribution >= 4 is 5.78 Å². The normalized spacial score (nSPS) is 20.6. The van der Waals surface area contributed by atoms with Gasteiger partial charge in [0, 0.05) is 20.3 Å². The van der Waals surface area contributed by atoms with Crippen LogP contribution in [0.2, 0.25) is 0 Å². The highest BCUT2D eigenvalue weighted by Gasteiger charge is 2.35. The zero-order valence-electron chi connectivity index (χ0n) is 13.1. The fraction of sp³-hybridized carbons (Fsp3) is 0.786. The van der Waals surface area contributed by atoms with Crippen LogP contribution in [-0.2, 0) is 14.3 Å². The molecule has 4 heteroatoms. The smallest absolute Gasteiger partial charge is 0.188 e. The van der Waals surface area contributed by atoms with E-state index in [9.17, 15) is 4.79 Å². The van der Waals surface area contributed by atoms with Gasteiger partial charge in [0.05, 0.1) is 6.61 Å². The van der Waals surface area contributed by atoms with E-state index in [-0.39, 0.29) is 5.78 Å². The van der Waals surface area contributed by atoms with Crippen molar-refractivity contribution in [1.82, 2.24) is 4.90 Å². The first-order valence-electron chi connectivity index (χ1n) is 6.61. The van der Waals surface area contributed by atoms with E-state index in [1.165, 1.54) is 6.08 Å². The predicted molar refractivity (Wildman–Crippen MR) is 75.4 cm³/mol. The van der Waals surface area contributed by atoms with Crippen molar-refractivity contribution in [2.45, 2.75) is 53.4 Å². The first-order valence-corrected chi connectivity index (χ1v) is 6.61. The van der Waals surface area contributed by atoms with Crippen LogP contribution in [0.4, 0.5) is 0 Å². The van der Waals surface area contributed by atoms with E-state index in [0.29, 0.717) is 6.61 Å². The van der Waals surface area contributed by atoms with Crippen LogP contribution in [0, 0.1) is 0 Å². The van der Waals surface area contributed by atoms with E-state index in [1.54, 1.807) is 24.9 Å². The van der Waals surface area contributed by atoms with Crippen molar-refractivity contribution < 1.29 is 14.3 Å². The molecule has 0 radical (unpaired) electrons. The van der Waals surface area contributed by atoms with Crippen LogP contribution in [0.1, 0.15) is 41.5 Å². The van der Waals surface area contributed by atoms with Gasteiger partial charge in [0.2, 0.25) is 0 Å². The van der Waals surface area contributed by atoms with E-state index in [4.69, 9.17) is 9.47 Å². The molecule has 0 amide bonds. The van der Waals surface area contributed by atoms with E-state index in [2.05, 4.69) is 0 Å². The summed E-state index contributed by atoms with van der Waals surface area (Å²) in [7, 11) is 3.72. The Morgan fingerprint density at radius 3 is 2.06 bits per heavy atom. The summed E-state index contributed by atoms with van der Waals surface area (Å²) in [5.74, 6) is -0.684. The number of carbonyl (C=O) groups is 1. The lowest BCUT2D eigenvalue weighted by Crippen LogP contribution is -2.25. The van der Waals surface area contributed by atoms with Crippen LogP contribution in [0.15, 0.2) is 12.3 Å². The molecule has 0 N–H and O–H groups in total. The minimum absolute atomic E-state index is 0.0516. The van der Waals surface area contributed by atoms with Crippen LogP contribution < -0.4 is 0 Å². The summed E-state index contributed by atoms with van der Waals surface area (Å²) in [5, 5.41) is 0. The van der Waals surface area contributed by atoms with E-state index in [0.717, 1.165) is 0 Å². The van der Waals surface area contributed by atoms with Gasteiger partial charge in [-0.2, -0.15) is 0 Å². The Labute approximate surface area is 112 Å². The Hall–Kier alpha value is -0.870. The lowest BCUT2D eigenvalue weighted by Gasteiger charge is -2.15. The molecule has 4 nitrogen and oxygen atoms in total. The molecular formula is C14H29NO3. The standard InChI is InChI=1S/C10H17NO3.2C2H6/c1-10(2)13-7-9(14-10)8(12)5-6-11(3)4;2*1-2/h5-6,9H,7H2,1-4H3;2*1-2H3/b6-5+;;. The second kappa shape index (κ2) is 10.1. The molecule has 0 aromatic rings. The second-order valence-corrected chi connectivity index (χ2v) is 4.00. The molecule has 1 saturated heterocycles. The fourth-order valence-electron chi connectivity index (χ4n) is 1.16. The van der Waals surface area contributed by atoms with E-state index in [1.807, 2.05) is 41.8 Å². The van der Waals surface area contributed by atoms with Gasteiger partial charge in [-0.25, -0.2) is 0 Å². The van der Waals surface area contributed by atoms with E-state index < -0.39 is 11.9 Å². The Bertz CT molecular complexity index is 247. The molecular weight excluding hydrogens is 230 g/mol. The minimum Gasteiger partial charge on any atom is -0.383 e. The van der Waals surface area contributed by atoms with Crippen LogP contribution in [0.3, 0.4) is 0 Å². The van der Waals surface area contributed by atoms with Crippen molar-refractivity contribution in [3.8, 4) is 0 Å². The van der Waals surface area contributed by atoms with Crippen LogP contribution >= 0.6 is 0 Å². The summed E-state index contributed by atoms with van der Waals surface area (Å²) in [6.45, 7) is 11.9. The maximum Gasteiger partial charge on any atom is 0.188 e. The van der Waals surface area contributed by atoms with Gasteiger partial charge in [-0.1, -0.05) is 27.7 Å². The van der Waals surface area contributed by atoms with Crippen LogP contribution in [0.25, 0.3) is 0 Å². The minimum atomic E-state index is -0.633. The molecule has 0 aromatic carbocycles. The molecule has 0 spiro atoms. The molecule has 1 aliphatic heterocycles. The number of hydrogen-bond donors (Lipinski definition) is 0. The molecule has 18 heavy (non-hydrogen) atoms. The summed E-state index contributed by atoms with van der Waals surface area (Å²) in [6, 6.07) is 0. The number of nitrogens with zero attached hydrogens (tertiary/aromatic N) is 1. The number of ether oxygens (including phenoxy) is 2. The van der Waals surface area contributed by atoms with Gasteiger partial charge < -0.3 is 14.4 Å². The summed E-state index contributed by atoms with van der Waals surface area (Å²) in [5.41, 5.74) is 0. The third kappa shape index (κ3) is 8.25. The molecule has 1 unspecified atom stereocenters. The largest absolute Gasteiger partial charge is 0.383 e. The summed E-state index contributed by atoms with van der Waals surface area (Å²) < 4.78 is 10.7. The molecule has 108 valence electrons. The third-order valence-electron chi connectivity index (χ3n) is 1.86. The number of hydrogen-bond acceptors (Lipinski definition) is 4. The maximum absolute atomic E-state index is 11.5. The molecule has 0 aliphatic carbocycles. The van der Waals surface area contributed by atoms with Crippen molar-refractivity contribution in [1.29, 1.82) is 0 Å². The van der Waals surface area contributed by atoms with Crippen molar-refractivity contribution in [3.05, 3.63) is 12.3 Å². The molecule has 0 aromatic heterocycles. The van der Waals surface area contributed by atoms with Gasteiger partial charge in [-0.15, -0.1) is 0 Å². The van der Waals surface area contributed by atoms with Crippen LogP contribution in [0.5, 0.6) is 0 Å². The van der Waals surface area contributed by atoms with Gasteiger partial charge in [-0.3, -0.25) is 4.79 Å². The maximum atomic E-state index is 11.5. The number of ketones is 1. The predicted octanol–water partition coefficient (Wildman–Crippen LogP) is 2.83. The molecule has 1 rings (SSSR count). The highest BCUT2D eigenvalue weighted by atomic mass is 16.7. The van der Waals surface area contributed by atoms with Gasteiger partial charge >= 0.3 is 0 Å². The third-order valence-corrected chi connectivity index (χ3v) is 1.86. The van der Waals surface area contributed by atoms with Crippen LogP contribution in [-0.4, -0.2) is 43.3 Å². The zero-order valence-corrected chi connectivity index (χ0v) is 13.1. The lowest BCUT2D eigenvalue weighted by molar-refractivity contribution is -0.149. The zero-order chi connectivity index (χ0) is 14.8. The molecule has 1 heterocycles. The van der Waals surface area contributed by atoms with Crippen molar-refractivity contribution in [3.63, 3.8) is 0 Å². The molecule has 0 bridgehead atoms. The highest BCUT2D eigenvalue weighted by molar-refractivity contribution is 5.93. The van der Waals surface area contributed by atoms with Gasteiger partial charge in [0.25, 0.3) is 0 Å². The molecule has 0 saturated carbocycles.